The lowest BCUT2D eigenvalue weighted by atomic mass is 10.00. The van der Waals surface area contributed by atoms with Gasteiger partial charge in [-0.05, 0) is 35.7 Å². The number of hydrogen-bond acceptors (Lipinski definition) is 4. The van der Waals surface area contributed by atoms with Gasteiger partial charge in [0.15, 0.2) is 0 Å². The maximum absolute atomic E-state index is 11.6. The van der Waals surface area contributed by atoms with Gasteiger partial charge in [0.1, 0.15) is 5.75 Å². The molecule has 23 heavy (non-hydrogen) atoms. The van der Waals surface area contributed by atoms with E-state index < -0.39 is 0 Å². The van der Waals surface area contributed by atoms with Crippen LogP contribution in [-0.2, 0) is 27.3 Å². The summed E-state index contributed by atoms with van der Waals surface area (Å²) in [4.78, 5) is 11.6. The lowest BCUT2D eigenvalue weighted by Crippen LogP contribution is -2.07. The highest BCUT2D eigenvalue weighted by atomic mass is 16.5. The minimum atomic E-state index is -0.232. The predicted molar refractivity (Wildman–Crippen MR) is 89.5 cm³/mol. The van der Waals surface area contributed by atoms with Crippen molar-refractivity contribution in [3.8, 4) is 16.9 Å². The molecule has 0 aliphatic carbocycles. The summed E-state index contributed by atoms with van der Waals surface area (Å²) in [6.07, 6.45) is 0.244. The first kappa shape index (κ1) is 17.0. The smallest absolute Gasteiger partial charge is 0.310 e. The quantitative estimate of drug-likeness (QED) is 0.732. The van der Waals surface area contributed by atoms with Gasteiger partial charge in [0, 0.05) is 12.7 Å². The standard InChI is InChI=1S/C19H22O4/c1-4-23-19(20)12-14-8-9-17(18(11-14)22-3)16-7-5-6-15(10-16)13-21-2/h5-11H,4,12-13H2,1-3H3. The zero-order chi connectivity index (χ0) is 16.7. The van der Waals surface area contributed by atoms with Crippen LogP contribution in [0.4, 0.5) is 0 Å². The highest BCUT2D eigenvalue weighted by Gasteiger charge is 2.10. The average molecular weight is 314 g/mol. The Hall–Kier alpha value is -2.33. The van der Waals surface area contributed by atoms with Gasteiger partial charge < -0.3 is 14.2 Å². The van der Waals surface area contributed by atoms with E-state index in [1.54, 1.807) is 21.1 Å². The minimum Gasteiger partial charge on any atom is -0.496 e. The van der Waals surface area contributed by atoms with E-state index in [1.807, 2.05) is 36.4 Å². The summed E-state index contributed by atoms with van der Waals surface area (Å²) >= 11 is 0. The molecule has 0 aromatic heterocycles. The summed E-state index contributed by atoms with van der Waals surface area (Å²) in [6, 6.07) is 13.9. The normalized spacial score (nSPS) is 10.4. The molecule has 0 amide bonds. The molecule has 2 rings (SSSR count). The minimum absolute atomic E-state index is 0.232. The third-order valence-electron chi connectivity index (χ3n) is 3.47. The van der Waals surface area contributed by atoms with Crippen LogP contribution in [0.5, 0.6) is 5.75 Å². The van der Waals surface area contributed by atoms with Crippen LogP contribution in [0.25, 0.3) is 11.1 Å². The van der Waals surface area contributed by atoms with Gasteiger partial charge in [0.2, 0.25) is 0 Å². The zero-order valence-corrected chi connectivity index (χ0v) is 13.8. The fourth-order valence-electron chi connectivity index (χ4n) is 2.46. The van der Waals surface area contributed by atoms with Crippen LogP contribution >= 0.6 is 0 Å². The first-order valence-corrected chi connectivity index (χ1v) is 7.58. The molecule has 2 aromatic rings. The highest BCUT2D eigenvalue weighted by Crippen LogP contribution is 2.31. The van der Waals surface area contributed by atoms with E-state index >= 15 is 0 Å². The van der Waals surface area contributed by atoms with Crippen LogP contribution in [0.2, 0.25) is 0 Å². The Morgan fingerprint density at radius 3 is 2.57 bits per heavy atom. The summed E-state index contributed by atoms with van der Waals surface area (Å²) < 4.78 is 15.7. The summed E-state index contributed by atoms with van der Waals surface area (Å²) in [6.45, 7) is 2.76. The van der Waals surface area contributed by atoms with E-state index in [4.69, 9.17) is 14.2 Å². The van der Waals surface area contributed by atoms with Gasteiger partial charge in [-0.1, -0.05) is 30.3 Å². The Labute approximate surface area is 137 Å². The molecule has 4 nitrogen and oxygen atoms in total. The van der Waals surface area contributed by atoms with Gasteiger partial charge in [0.05, 0.1) is 26.7 Å². The number of carbonyl (C=O) groups is 1. The molecule has 0 bridgehead atoms. The zero-order valence-electron chi connectivity index (χ0n) is 13.8. The van der Waals surface area contributed by atoms with Crippen LogP contribution in [0.3, 0.4) is 0 Å². The molecule has 0 atom stereocenters. The van der Waals surface area contributed by atoms with Crippen LogP contribution in [0.1, 0.15) is 18.1 Å². The average Bonchev–Trinajstić information content (AvgIpc) is 2.55. The van der Waals surface area contributed by atoms with Gasteiger partial charge >= 0.3 is 5.97 Å². The van der Waals surface area contributed by atoms with Crippen molar-refractivity contribution in [1.29, 1.82) is 0 Å². The molecule has 0 saturated heterocycles. The van der Waals surface area contributed by atoms with Gasteiger partial charge in [0.25, 0.3) is 0 Å². The van der Waals surface area contributed by atoms with Crippen LogP contribution in [0, 0.1) is 0 Å². The van der Waals surface area contributed by atoms with Crippen molar-refractivity contribution in [2.24, 2.45) is 0 Å². The molecule has 0 radical (unpaired) electrons. The molecule has 0 unspecified atom stereocenters. The summed E-state index contributed by atoms with van der Waals surface area (Å²) in [7, 11) is 3.31. The van der Waals surface area contributed by atoms with Gasteiger partial charge in [-0.15, -0.1) is 0 Å². The van der Waals surface area contributed by atoms with Crippen molar-refractivity contribution < 1.29 is 19.0 Å². The van der Waals surface area contributed by atoms with Crippen molar-refractivity contribution in [2.75, 3.05) is 20.8 Å². The Kier molecular flexibility index (Phi) is 6.18. The van der Waals surface area contributed by atoms with Crippen molar-refractivity contribution >= 4 is 5.97 Å². The highest BCUT2D eigenvalue weighted by molar-refractivity contribution is 5.75. The molecule has 2 aromatic carbocycles. The number of methoxy groups -OCH3 is 2. The Balaban J connectivity index is 2.29. The number of ether oxygens (including phenoxy) is 3. The molecule has 4 heteroatoms. The van der Waals surface area contributed by atoms with Gasteiger partial charge in [-0.2, -0.15) is 0 Å². The summed E-state index contributed by atoms with van der Waals surface area (Å²) in [5, 5.41) is 0. The van der Waals surface area contributed by atoms with Crippen molar-refractivity contribution in [3.63, 3.8) is 0 Å². The maximum atomic E-state index is 11.6. The molecule has 0 aliphatic heterocycles. The number of benzene rings is 2. The largest absolute Gasteiger partial charge is 0.496 e. The Morgan fingerprint density at radius 2 is 1.87 bits per heavy atom. The fraction of sp³-hybridized carbons (Fsp3) is 0.316. The van der Waals surface area contributed by atoms with Crippen molar-refractivity contribution in [3.05, 3.63) is 53.6 Å². The first-order chi connectivity index (χ1) is 11.2. The number of hydrogen-bond donors (Lipinski definition) is 0. The molecule has 0 saturated carbocycles. The molecular weight excluding hydrogens is 292 g/mol. The topological polar surface area (TPSA) is 44.8 Å². The van der Waals surface area contributed by atoms with E-state index in [1.165, 1.54) is 0 Å². The monoisotopic (exact) mass is 314 g/mol. The molecular formula is C19H22O4. The molecule has 0 spiro atoms. The van der Waals surface area contributed by atoms with Crippen LogP contribution < -0.4 is 4.74 Å². The SMILES string of the molecule is CCOC(=O)Cc1ccc(-c2cccc(COC)c2)c(OC)c1. The lowest BCUT2D eigenvalue weighted by molar-refractivity contribution is -0.142. The Morgan fingerprint density at radius 1 is 1.04 bits per heavy atom. The first-order valence-electron chi connectivity index (χ1n) is 7.58. The van der Waals surface area contributed by atoms with E-state index in [-0.39, 0.29) is 12.4 Å². The third-order valence-corrected chi connectivity index (χ3v) is 3.47. The molecule has 0 aliphatic rings. The molecule has 0 fully saturated rings. The van der Waals surface area contributed by atoms with Crippen LogP contribution in [-0.4, -0.2) is 26.8 Å². The number of rotatable bonds is 7. The van der Waals surface area contributed by atoms with Gasteiger partial charge in [-0.3, -0.25) is 4.79 Å². The maximum Gasteiger partial charge on any atom is 0.310 e. The van der Waals surface area contributed by atoms with E-state index in [2.05, 4.69) is 6.07 Å². The van der Waals surface area contributed by atoms with Crippen molar-refractivity contribution in [1.82, 2.24) is 0 Å². The summed E-state index contributed by atoms with van der Waals surface area (Å²) in [5.74, 6) is 0.505. The predicted octanol–water partition coefficient (Wildman–Crippen LogP) is 3.61. The van der Waals surface area contributed by atoms with Crippen molar-refractivity contribution in [2.45, 2.75) is 20.0 Å². The fourth-order valence-corrected chi connectivity index (χ4v) is 2.46. The van der Waals surface area contributed by atoms with Gasteiger partial charge in [-0.25, -0.2) is 0 Å². The van der Waals surface area contributed by atoms with E-state index in [0.717, 1.165) is 28.0 Å². The van der Waals surface area contributed by atoms with E-state index in [9.17, 15) is 4.79 Å². The second kappa shape index (κ2) is 8.34. The third kappa shape index (κ3) is 4.57. The number of carbonyl (C=O) groups excluding carboxylic acids is 1. The second-order valence-electron chi connectivity index (χ2n) is 5.15. The van der Waals surface area contributed by atoms with E-state index in [0.29, 0.717) is 13.2 Å². The lowest BCUT2D eigenvalue weighted by Gasteiger charge is -2.12. The Bertz CT molecular complexity index is 664. The number of esters is 1. The molecule has 0 N–H and O–H groups in total. The molecule has 122 valence electrons. The second-order valence-corrected chi connectivity index (χ2v) is 5.15. The molecule has 0 heterocycles. The van der Waals surface area contributed by atoms with Crippen LogP contribution in [0.15, 0.2) is 42.5 Å². The summed E-state index contributed by atoms with van der Waals surface area (Å²) in [5.41, 5.74) is 4.01.